The lowest BCUT2D eigenvalue weighted by atomic mass is 10.1. The first-order valence-corrected chi connectivity index (χ1v) is 9.78. The second kappa shape index (κ2) is 7.80. The molecule has 1 unspecified atom stereocenters. The van der Waals surface area contributed by atoms with Gasteiger partial charge in [0.25, 0.3) is 0 Å². The van der Waals surface area contributed by atoms with E-state index in [0.29, 0.717) is 17.9 Å². The molecular formula is C17H24NO4S2+. The highest BCUT2D eigenvalue weighted by atomic mass is 32.2. The standard InChI is InChI=1S/C17H23NO4S2/c1-11(10-23)16(19)18(17(20)21)9-14(7-12(18)2)22-13-5-4-6-15(8-13)24-3/h4-6,8,11-12,14H,7,9-10H2,1-3H3,(H-,20,21,23)/p+1/t11?,12-,14-,18-/m1/s1. The first kappa shape index (κ1) is 19.1. The van der Waals surface area contributed by atoms with Crippen molar-refractivity contribution in [2.24, 2.45) is 5.92 Å². The zero-order valence-corrected chi connectivity index (χ0v) is 15.8. The number of benzene rings is 1. The smallest absolute Gasteiger partial charge is 0.484 e. The molecule has 1 aliphatic heterocycles. The van der Waals surface area contributed by atoms with Crippen LogP contribution in [-0.2, 0) is 4.79 Å². The number of ether oxygens (including phenoxy) is 1. The molecule has 1 N–H and O–H groups in total. The second-order valence-electron chi connectivity index (χ2n) is 6.26. The van der Waals surface area contributed by atoms with Gasteiger partial charge in [-0.3, -0.25) is 0 Å². The van der Waals surface area contributed by atoms with E-state index in [2.05, 4.69) is 12.6 Å². The molecule has 0 spiro atoms. The number of imide groups is 1. The van der Waals surface area contributed by atoms with Crippen LogP contribution in [0.4, 0.5) is 4.79 Å². The first-order valence-electron chi connectivity index (χ1n) is 7.92. The highest BCUT2D eigenvalue weighted by Gasteiger charge is 2.58. The van der Waals surface area contributed by atoms with Gasteiger partial charge in [-0.2, -0.15) is 21.9 Å². The molecule has 0 radical (unpaired) electrons. The minimum absolute atomic E-state index is 0.150. The molecule has 0 saturated carbocycles. The van der Waals surface area contributed by atoms with E-state index in [9.17, 15) is 14.7 Å². The van der Waals surface area contributed by atoms with Gasteiger partial charge < -0.3 is 9.84 Å². The summed E-state index contributed by atoms with van der Waals surface area (Å²) < 4.78 is 5.42. The number of nitrogens with zero attached hydrogens (tertiary/aromatic N) is 1. The summed E-state index contributed by atoms with van der Waals surface area (Å²) in [7, 11) is 0. The average molecular weight is 371 g/mol. The van der Waals surface area contributed by atoms with Crippen molar-refractivity contribution in [1.29, 1.82) is 0 Å². The molecule has 4 atom stereocenters. The van der Waals surface area contributed by atoms with Gasteiger partial charge in [0.1, 0.15) is 18.3 Å². The number of thioether (sulfide) groups is 1. The zero-order chi connectivity index (χ0) is 17.9. The third kappa shape index (κ3) is 3.58. The molecular weight excluding hydrogens is 346 g/mol. The van der Waals surface area contributed by atoms with Crippen LogP contribution in [0.15, 0.2) is 29.2 Å². The Labute approximate surface area is 152 Å². The van der Waals surface area contributed by atoms with Gasteiger partial charge in [-0.25, -0.2) is 4.79 Å². The summed E-state index contributed by atoms with van der Waals surface area (Å²) in [5, 5.41) is 9.78. The molecule has 1 heterocycles. The van der Waals surface area contributed by atoms with Crippen molar-refractivity contribution in [2.75, 3.05) is 18.6 Å². The summed E-state index contributed by atoms with van der Waals surface area (Å²) in [5.41, 5.74) is 0. The zero-order valence-electron chi connectivity index (χ0n) is 14.1. The molecule has 1 aromatic carbocycles. The van der Waals surface area contributed by atoms with Crippen LogP contribution < -0.4 is 4.74 Å². The summed E-state index contributed by atoms with van der Waals surface area (Å²) in [6.07, 6.45) is 1.11. The number of hydrogen-bond donors (Lipinski definition) is 2. The molecule has 0 aliphatic carbocycles. The number of rotatable bonds is 5. The number of thiol groups is 1. The Bertz CT molecular complexity index is 624. The minimum Gasteiger partial charge on any atom is -0.484 e. The average Bonchev–Trinajstić information content (AvgIpc) is 2.90. The van der Waals surface area contributed by atoms with Gasteiger partial charge in [-0.15, -0.1) is 11.8 Å². The number of carbonyl (C=O) groups is 2. The summed E-state index contributed by atoms with van der Waals surface area (Å²) >= 11 is 5.77. The van der Waals surface area contributed by atoms with E-state index in [-0.39, 0.29) is 24.6 Å². The van der Waals surface area contributed by atoms with Crippen molar-refractivity contribution < 1.29 is 23.9 Å². The van der Waals surface area contributed by atoms with E-state index in [1.165, 1.54) is 0 Å². The van der Waals surface area contributed by atoms with Crippen LogP contribution in [0, 0.1) is 5.92 Å². The fourth-order valence-electron chi connectivity index (χ4n) is 3.23. The number of carbonyl (C=O) groups excluding carboxylic acids is 1. The van der Waals surface area contributed by atoms with E-state index >= 15 is 0 Å². The van der Waals surface area contributed by atoms with Crippen LogP contribution in [0.25, 0.3) is 0 Å². The lowest BCUT2D eigenvalue weighted by molar-refractivity contribution is -0.795. The monoisotopic (exact) mass is 370 g/mol. The Morgan fingerprint density at radius 1 is 1.50 bits per heavy atom. The van der Waals surface area contributed by atoms with E-state index in [1.54, 1.807) is 25.6 Å². The molecule has 1 aromatic rings. The third-order valence-electron chi connectivity index (χ3n) is 4.62. The summed E-state index contributed by atoms with van der Waals surface area (Å²) in [4.78, 5) is 25.8. The van der Waals surface area contributed by atoms with Crippen molar-refractivity contribution in [2.45, 2.75) is 37.3 Å². The van der Waals surface area contributed by atoms with E-state index in [4.69, 9.17) is 4.74 Å². The summed E-state index contributed by atoms with van der Waals surface area (Å²) in [5.74, 6) is 0.332. The quantitative estimate of drug-likeness (QED) is 0.472. The van der Waals surface area contributed by atoms with Gasteiger partial charge in [-0.05, 0) is 38.3 Å². The number of hydrogen-bond acceptors (Lipinski definition) is 5. The van der Waals surface area contributed by atoms with Gasteiger partial charge in [0.15, 0.2) is 6.10 Å². The Hall–Kier alpha value is -1.18. The third-order valence-corrected chi connectivity index (χ3v) is 5.90. The Morgan fingerprint density at radius 2 is 2.21 bits per heavy atom. The van der Waals surface area contributed by atoms with Crippen LogP contribution in [0.5, 0.6) is 5.75 Å². The van der Waals surface area contributed by atoms with Gasteiger partial charge in [-0.1, -0.05) is 6.07 Å². The summed E-state index contributed by atoms with van der Waals surface area (Å²) in [6.45, 7) is 3.68. The molecule has 5 nitrogen and oxygen atoms in total. The molecule has 2 amide bonds. The molecule has 1 aliphatic rings. The topological polar surface area (TPSA) is 63.6 Å². The number of quaternary nitrogens is 1. The lowest BCUT2D eigenvalue weighted by Gasteiger charge is -2.31. The van der Waals surface area contributed by atoms with Gasteiger partial charge in [0, 0.05) is 17.1 Å². The Balaban J connectivity index is 2.22. The fraction of sp³-hybridized carbons (Fsp3) is 0.529. The second-order valence-corrected chi connectivity index (χ2v) is 7.50. The molecule has 132 valence electrons. The molecule has 1 saturated heterocycles. The highest BCUT2D eigenvalue weighted by Crippen LogP contribution is 2.33. The predicted molar refractivity (Wildman–Crippen MR) is 97.9 cm³/mol. The van der Waals surface area contributed by atoms with E-state index < -0.39 is 16.5 Å². The van der Waals surface area contributed by atoms with Crippen molar-refractivity contribution in [1.82, 2.24) is 0 Å². The SMILES string of the molecule is CSc1cccc(O[C@@H]2C[C@@H](C)[N@@+](C(=O)O)(C(=O)C(C)CS)C2)c1. The maximum Gasteiger partial charge on any atom is 0.521 e. The van der Waals surface area contributed by atoms with Crippen LogP contribution >= 0.6 is 24.4 Å². The van der Waals surface area contributed by atoms with Crippen molar-refractivity contribution in [3.05, 3.63) is 24.3 Å². The van der Waals surface area contributed by atoms with Gasteiger partial charge in [0.05, 0.1) is 5.92 Å². The van der Waals surface area contributed by atoms with Gasteiger partial charge in [0.2, 0.25) is 0 Å². The molecule has 0 aromatic heterocycles. The maximum absolute atomic E-state index is 12.7. The van der Waals surface area contributed by atoms with Crippen LogP contribution in [0.3, 0.4) is 0 Å². The van der Waals surface area contributed by atoms with E-state index in [1.807, 2.05) is 30.5 Å². The molecule has 7 heteroatoms. The molecule has 24 heavy (non-hydrogen) atoms. The van der Waals surface area contributed by atoms with Gasteiger partial charge >= 0.3 is 12.0 Å². The Morgan fingerprint density at radius 3 is 2.79 bits per heavy atom. The highest BCUT2D eigenvalue weighted by molar-refractivity contribution is 7.98. The predicted octanol–water partition coefficient (Wildman–Crippen LogP) is 3.54. The van der Waals surface area contributed by atoms with Crippen molar-refractivity contribution >= 4 is 36.4 Å². The molecule has 2 rings (SSSR count). The van der Waals surface area contributed by atoms with Crippen LogP contribution in [0.1, 0.15) is 20.3 Å². The van der Waals surface area contributed by atoms with Crippen LogP contribution in [-0.4, -0.2) is 52.3 Å². The number of likely N-dealkylation sites (tertiary alicyclic amines) is 1. The first-order chi connectivity index (χ1) is 11.3. The minimum atomic E-state index is -1.11. The fourth-order valence-corrected chi connectivity index (χ4v) is 3.83. The Kier molecular flexibility index (Phi) is 6.22. The summed E-state index contributed by atoms with van der Waals surface area (Å²) in [6, 6.07) is 7.36. The lowest BCUT2D eigenvalue weighted by Crippen LogP contribution is -2.61. The maximum atomic E-state index is 12.7. The van der Waals surface area contributed by atoms with E-state index in [0.717, 1.165) is 4.90 Å². The number of amides is 2. The molecule has 1 fully saturated rings. The van der Waals surface area contributed by atoms with Crippen molar-refractivity contribution in [3.63, 3.8) is 0 Å². The normalized spacial score (nSPS) is 27.7. The number of carboxylic acid groups (broad SMARTS) is 1. The van der Waals surface area contributed by atoms with Crippen molar-refractivity contribution in [3.8, 4) is 5.75 Å². The molecule has 0 bridgehead atoms. The largest absolute Gasteiger partial charge is 0.521 e. The van der Waals surface area contributed by atoms with Crippen LogP contribution in [0.2, 0.25) is 0 Å².